The lowest BCUT2D eigenvalue weighted by Gasteiger charge is -2.09. The van der Waals surface area contributed by atoms with Crippen LogP contribution in [0, 0.1) is 13.8 Å². The molecule has 3 rings (SSSR count). The van der Waals surface area contributed by atoms with Crippen LogP contribution in [-0.4, -0.2) is 22.8 Å². The number of hydrogen-bond acceptors (Lipinski definition) is 5. The van der Waals surface area contributed by atoms with Crippen molar-refractivity contribution in [2.24, 2.45) is 0 Å². The highest BCUT2D eigenvalue weighted by atomic mass is 32.2. The van der Waals surface area contributed by atoms with Gasteiger partial charge in [-0.3, -0.25) is 0 Å². The minimum absolute atomic E-state index is 0.340. The van der Waals surface area contributed by atoms with Gasteiger partial charge in [0.1, 0.15) is 17.2 Å². The molecule has 0 aliphatic rings. The van der Waals surface area contributed by atoms with Gasteiger partial charge in [-0.05, 0) is 37.6 Å². The number of rotatable bonds is 7. The van der Waals surface area contributed by atoms with Gasteiger partial charge >= 0.3 is 5.97 Å². The number of aryl methyl sites for hydroxylation is 2. The Morgan fingerprint density at radius 3 is 2.65 bits per heavy atom. The largest absolute Gasteiger partial charge is 0.482 e. The Morgan fingerprint density at radius 1 is 1.19 bits per heavy atom. The minimum Gasteiger partial charge on any atom is -0.482 e. The SMILES string of the molecule is Cc1cc(SCc2c(-c3ccccc3)noc2C)ccc1OCC(=O)O. The Labute approximate surface area is 156 Å². The molecule has 0 unspecified atom stereocenters. The molecule has 0 fully saturated rings. The van der Waals surface area contributed by atoms with Gasteiger partial charge in [0.15, 0.2) is 6.61 Å². The summed E-state index contributed by atoms with van der Waals surface area (Å²) in [7, 11) is 0. The zero-order chi connectivity index (χ0) is 18.5. The highest BCUT2D eigenvalue weighted by Crippen LogP contribution is 2.33. The van der Waals surface area contributed by atoms with Crippen molar-refractivity contribution in [3.8, 4) is 17.0 Å². The standard InChI is InChI=1S/C20H19NO4S/c1-13-10-16(8-9-18(13)24-11-19(22)23)26-12-17-14(2)25-21-20(17)15-6-4-3-5-7-15/h3-10H,11-12H2,1-2H3,(H,22,23). The van der Waals surface area contributed by atoms with Gasteiger partial charge in [-0.15, -0.1) is 11.8 Å². The molecule has 0 saturated heterocycles. The van der Waals surface area contributed by atoms with E-state index in [9.17, 15) is 4.79 Å². The van der Waals surface area contributed by atoms with E-state index in [0.29, 0.717) is 5.75 Å². The van der Waals surface area contributed by atoms with E-state index in [4.69, 9.17) is 14.4 Å². The number of aliphatic carboxylic acids is 1. The summed E-state index contributed by atoms with van der Waals surface area (Å²) >= 11 is 1.68. The molecule has 1 N–H and O–H groups in total. The zero-order valence-electron chi connectivity index (χ0n) is 14.6. The van der Waals surface area contributed by atoms with Crippen LogP contribution in [0.3, 0.4) is 0 Å². The van der Waals surface area contributed by atoms with Crippen molar-refractivity contribution < 1.29 is 19.2 Å². The summed E-state index contributed by atoms with van der Waals surface area (Å²) in [5.41, 5.74) is 3.88. The van der Waals surface area contributed by atoms with E-state index in [1.807, 2.05) is 56.3 Å². The molecule has 0 saturated carbocycles. The molecule has 0 aliphatic heterocycles. The maximum absolute atomic E-state index is 10.6. The van der Waals surface area contributed by atoms with Crippen LogP contribution >= 0.6 is 11.8 Å². The van der Waals surface area contributed by atoms with Crippen LogP contribution in [0.25, 0.3) is 11.3 Å². The maximum atomic E-state index is 10.6. The Morgan fingerprint density at radius 2 is 1.96 bits per heavy atom. The molecule has 3 aromatic rings. The topological polar surface area (TPSA) is 72.6 Å². The molecular formula is C20H19NO4S. The van der Waals surface area contributed by atoms with Crippen LogP contribution in [0.1, 0.15) is 16.9 Å². The first-order valence-corrected chi connectivity index (χ1v) is 9.12. The lowest BCUT2D eigenvalue weighted by molar-refractivity contribution is -0.139. The molecule has 1 aromatic heterocycles. The monoisotopic (exact) mass is 369 g/mol. The number of carboxylic acid groups (broad SMARTS) is 1. The number of carboxylic acids is 1. The summed E-state index contributed by atoms with van der Waals surface area (Å²) in [5, 5.41) is 12.9. The molecule has 0 spiro atoms. The highest BCUT2D eigenvalue weighted by molar-refractivity contribution is 7.98. The lowest BCUT2D eigenvalue weighted by Crippen LogP contribution is -2.09. The highest BCUT2D eigenvalue weighted by Gasteiger charge is 2.15. The maximum Gasteiger partial charge on any atom is 0.341 e. The van der Waals surface area contributed by atoms with Gasteiger partial charge < -0.3 is 14.4 Å². The van der Waals surface area contributed by atoms with E-state index in [1.54, 1.807) is 17.8 Å². The average Bonchev–Trinajstić information content (AvgIpc) is 3.00. The van der Waals surface area contributed by atoms with E-state index in [0.717, 1.165) is 38.8 Å². The van der Waals surface area contributed by atoms with Crippen LogP contribution < -0.4 is 4.74 Å². The summed E-state index contributed by atoms with van der Waals surface area (Å²) in [6.45, 7) is 3.48. The normalized spacial score (nSPS) is 10.7. The van der Waals surface area contributed by atoms with Gasteiger partial charge in [-0.25, -0.2) is 4.79 Å². The molecule has 6 heteroatoms. The summed E-state index contributed by atoms with van der Waals surface area (Å²) < 4.78 is 10.7. The van der Waals surface area contributed by atoms with Crippen molar-refractivity contribution in [1.82, 2.24) is 5.16 Å². The van der Waals surface area contributed by atoms with Crippen molar-refractivity contribution in [3.05, 3.63) is 65.4 Å². The van der Waals surface area contributed by atoms with Crippen LogP contribution in [0.15, 0.2) is 57.9 Å². The van der Waals surface area contributed by atoms with Gasteiger partial charge in [0.2, 0.25) is 0 Å². The van der Waals surface area contributed by atoms with Crippen LogP contribution in [0.5, 0.6) is 5.75 Å². The first-order chi connectivity index (χ1) is 12.5. The molecule has 134 valence electrons. The van der Waals surface area contributed by atoms with Gasteiger partial charge in [0, 0.05) is 21.8 Å². The number of carbonyl (C=O) groups is 1. The molecule has 5 nitrogen and oxygen atoms in total. The van der Waals surface area contributed by atoms with Crippen molar-refractivity contribution in [2.75, 3.05) is 6.61 Å². The van der Waals surface area contributed by atoms with Gasteiger partial charge in [0.05, 0.1) is 0 Å². The fraction of sp³-hybridized carbons (Fsp3) is 0.200. The number of aromatic nitrogens is 1. The fourth-order valence-electron chi connectivity index (χ4n) is 2.55. The number of thioether (sulfide) groups is 1. The van der Waals surface area contributed by atoms with Crippen molar-refractivity contribution >= 4 is 17.7 Å². The Kier molecular flexibility index (Phi) is 5.63. The molecule has 0 atom stereocenters. The predicted molar refractivity (Wildman–Crippen MR) is 101 cm³/mol. The molecule has 0 radical (unpaired) electrons. The van der Waals surface area contributed by atoms with Crippen LogP contribution in [0.2, 0.25) is 0 Å². The Bertz CT molecular complexity index is 905. The summed E-state index contributed by atoms with van der Waals surface area (Å²) in [6.07, 6.45) is 0. The number of benzene rings is 2. The average molecular weight is 369 g/mol. The molecule has 26 heavy (non-hydrogen) atoms. The molecule has 0 bridgehead atoms. The Balaban J connectivity index is 1.73. The van der Waals surface area contributed by atoms with Gasteiger partial charge in [-0.2, -0.15) is 0 Å². The molecule has 0 aliphatic carbocycles. The zero-order valence-corrected chi connectivity index (χ0v) is 15.4. The van der Waals surface area contributed by atoms with Crippen molar-refractivity contribution in [1.29, 1.82) is 0 Å². The number of hydrogen-bond donors (Lipinski definition) is 1. The van der Waals surface area contributed by atoms with E-state index in [-0.39, 0.29) is 6.61 Å². The summed E-state index contributed by atoms with van der Waals surface area (Å²) in [5.74, 6) is 1.14. The second kappa shape index (κ2) is 8.10. The van der Waals surface area contributed by atoms with Gasteiger partial charge in [0.25, 0.3) is 0 Å². The summed E-state index contributed by atoms with van der Waals surface area (Å²) in [6, 6.07) is 15.7. The van der Waals surface area contributed by atoms with Gasteiger partial charge in [-0.1, -0.05) is 35.5 Å². The fourth-order valence-corrected chi connectivity index (χ4v) is 3.63. The Hall–Kier alpha value is -2.73. The van der Waals surface area contributed by atoms with E-state index < -0.39 is 5.97 Å². The second-order valence-electron chi connectivity index (χ2n) is 5.83. The van der Waals surface area contributed by atoms with Crippen LogP contribution in [0.4, 0.5) is 0 Å². The van der Waals surface area contributed by atoms with E-state index in [2.05, 4.69) is 5.16 Å². The number of nitrogens with zero attached hydrogens (tertiary/aromatic N) is 1. The smallest absolute Gasteiger partial charge is 0.341 e. The molecule has 2 aromatic carbocycles. The third-order valence-corrected chi connectivity index (χ3v) is 4.93. The predicted octanol–water partition coefficient (Wildman–Crippen LogP) is 4.71. The third-order valence-electron chi connectivity index (χ3n) is 3.91. The first-order valence-electron chi connectivity index (χ1n) is 8.13. The first kappa shape index (κ1) is 18.1. The third kappa shape index (κ3) is 4.26. The van der Waals surface area contributed by atoms with Crippen molar-refractivity contribution in [3.63, 3.8) is 0 Å². The minimum atomic E-state index is -0.987. The lowest BCUT2D eigenvalue weighted by atomic mass is 10.1. The summed E-state index contributed by atoms with van der Waals surface area (Å²) in [4.78, 5) is 11.7. The van der Waals surface area contributed by atoms with E-state index in [1.165, 1.54) is 0 Å². The van der Waals surface area contributed by atoms with E-state index >= 15 is 0 Å². The molecule has 0 amide bonds. The van der Waals surface area contributed by atoms with Crippen LogP contribution in [-0.2, 0) is 10.5 Å². The second-order valence-corrected chi connectivity index (χ2v) is 6.88. The molecule has 1 heterocycles. The quantitative estimate of drug-likeness (QED) is 0.608. The molecular weight excluding hydrogens is 350 g/mol. The number of ether oxygens (including phenoxy) is 1. The van der Waals surface area contributed by atoms with Crippen molar-refractivity contribution in [2.45, 2.75) is 24.5 Å².